The number of hydrogen-bond acceptors (Lipinski definition) is 4. The molecule has 0 bridgehead atoms. The van der Waals surface area contributed by atoms with Crippen molar-refractivity contribution in [3.63, 3.8) is 0 Å². The molecular weight excluding hydrogens is 432 g/mol. The van der Waals surface area contributed by atoms with Gasteiger partial charge in [-0.1, -0.05) is 30.2 Å². The van der Waals surface area contributed by atoms with Crippen molar-refractivity contribution in [2.75, 3.05) is 18.0 Å². The van der Waals surface area contributed by atoms with Crippen LogP contribution < -0.4 is 4.90 Å². The fourth-order valence-electron chi connectivity index (χ4n) is 5.06. The first kappa shape index (κ1) is 26.5. The van der Waals surface area contributed by atoms with E-state index in [2.05, 4.69) is 50.0 Å². The number of anilines is 1. The number of hydrogen-bond donors (Lipinski definition) is 0. The first-order valence-electron chi connectivity index (χ1n) is 13.1. The van der Waals surface area contributed by atoms with Gasteiger partial charge in [0.1, 0.15) is 17.4 Å². The number of rotatable bonds is 10. The quantitative estimate of drug-likeness (QED) is 0.116. The van der Waals surface area contributed by atoms with Crippen molar-refractivity contribution in [3.05, 3.63) is 69.5 Å². The molecule has 0 saturated heterocycles. The van der Waals surface area contributed by atoms with Crippen LogP contribution in [0.4, 0.5) is 5.69 Å². The second-order valence-corrected chi connectivity index (χ2v) is 9.84. The standard InChI is InChI=1S/C31H40N2O2/c1-5-10-23(2)11-6-12-24(3)13-7-14-25(4)35-31(34)29(22-32)21-26-19-27-15-8-17-33-18-9-16-28(20-26)30(27)33/h10,12,14,19-21H,5-9,11,13,15-18H2,1-4H3/b23-10+,24-12+,25-14+,29-21+. The molecule has 0 saturated carbocycles. The zero-order chi connectivity index (χ0) is 25.2. The van der Waals surface area contributed by atoms with Gasteiger partial charge < -0.3 is 9.64 Å². The number of aryl methyl sites for hydroxylation is 2. The van der Waals surface area contributed by atoms with E-state index in [4.69, 9.17) is 4.74 Å². The zero-order valence-corrected chi connectivity index (χ0v) is 22.0. The SMILES string of the molecule is CC/C=C(\C)CC/C=C(\C)CC/C=C(\C)OC(=O)/C(C#N)=C/c1cc2c3c(c1)CCCN3CCC2. The minimum absolute atomic E-state index is 0.0416. The van der Waals surface area contributed by atoms with E-state index in [1.807, 2.05) is 12.1 Å². The van der Waals surface area contributed by atoms with Gasteiger partial charge in [0.15, 0.2) is 0 Å². The van der Waals surface area contributed by atoms with E-state index in [9.17, 15) is 10.1 Å². The molecule has 0 fully saturated rings. The summed E-state index contributed by atoms with van der Waals surface area (Å²) in [6.07, 6.45) is 17.6. The minimum Gasteiger partial charge on any atom is -0.428 e. The Morgan fingerprint density at radius 2 is 1.60 bits per heavy atom. The van der Waals surface area contributed by atoms with Crippen molar-refractivity contribution in [2.24, 2.45) is 0 Å². The van der Waals surface area contributed by atoms with Gasteiger partial charge in [-0.15, -0.1) is 0 Å². The second kappa shape index (κ2) is 13.1. The number of ether oxygens (including phenoxy) is 1. The lowest BCUT2D eigenvalue weighted by atomic mass is 9.90. The van der Waals surface area contributed by atoms with Crippen LogP contribution in [0.3, 0.4) is 0 Å². The molecule has 0 atom stereocenters. The summed E-state index contributed by atoms with van der Waals surface area (Å²) in [5.74, 6) is -0.0402. The van der Waals surface area contributed by atoms with Gasteiger partial charge in [-0.3, -0.25) is 0 Å². The highest BCUT2D eigenvalue weighted by Gasteiger charge is 2.24. The number of carbonyl (C=O) groups is 1. The average molecular weight is 473 g/mol. The van der Waals surface area contributed by atoms with Crippen molar-refractivity contribution in [2.45, 2.75) is 85.5 Å². The highest BCUT2D eigenvalue weighted by molar-refractivity contribution is 5.98. The minimum atomic E-state index is -0.584. The van der Waals surface area contributed by atoms with Crippen LogP contribution in [0, 0.1) is 11.3 Å². The molecule has 0 unspecified atom stereocenters. The number of nitriles is 1. The fourth-order valence-corrected chi connectivity index (χ4v) is 5.06. The Bertz CT molecular complexity index is 1050. The summed E-state index contributed by atoms with van der Waals surface area (Å²) in [7, 11) is 0. The molecule has 1 aromatic rings. The largest absolute Gasteiger partial charge is 0.428 e. The molecule has 0 radical (unpaired) electrons. The van der Waals surface area contributed by atoms with E-state index in [-0.39, 0.29) is 5.57 Å². The van der Waals surface area contributed by atoms with E-state index in [1.54, 1.807) is 13.0 Å². The van der Waals surface area contributed by atoms with E-state index in [0.29, 0.717) is 5.76 Å². The first-order chi connectivity index (χ1) is 16.9. The Labute approximate surface area is 211 Å². The van der Waals surface area contributed by atoms with Gasteiger partial charge in [0.05, 0.1) is 0 Å². The molecule has 0 amide bonds. The molecule has 0 N–H and O–H groups in total. The van der Waals surface area contributed by atoms with Gasteiger partial charge >= 0.3 is 5.97 Å². The Kier molecular flexibility index (Phi) is 9.97. The monoisotopic (exact) mass is 472 g/mol. The summed E-state index contributed by atoms with van der Waals surface area (Å²) in [6, 6.07) is 6.32. The van der Waals surface area contributed by atoms with Crippen molar-refractivity contribution in [3.8, 4) is 6.07 Å². The van der Waals surface area contributed by atoms with Gasteiger partial charge in [-0.05, 0) is 120 Å². The molecular formula is C31H40N2O2. The Morgan fingerprint density at radius 3 is 2.20 bits per heavy atom. The lowest BCUT2D eigenvalue weighted by molar-refractivity contribution is -0.134. The van der Waals surface area contributed by atoms with E-state index in [1.165, 1.54) is 28.0 Å². The van der Waals surface area contributed by atoms with Crippen molar-refractivity contribution < 1.29 is 9.53 Å². The van der Waals surface area contributed by atoms with Crippen molar-refractivity contribution in [1.29, 1.82) is 5.26 Å². The number of nitrogens with zero attached hydrogens (tertiary/aromatic N) is 2. The van der Waals surface area contributed by atoms with Gasteiger partial charge in [-0.2, -0.15) is 5.26 Å². The normalized spacial score (nSPS) is 16.6. The molecule has 186 valence electrons. The van der Waals surface area contributed by atoms with Crippen LogP contribution in [0.5, 0.6) is 0 Å². The molecule has 4 nitrogen and oxygen atoms in total. The summed E-state index contributed by atoms with van der Waals surface area (Å²) >= 11 is 0. The lowest BCUT2D eigenvalue weighted by Gasteiger charge is -2.37. The lowest BCUT2D eigenvalue weighted by Crippen LogP contribution is -2.34. The molecule has 2 aliphatic heterocycles. The van der Waals surface area contributed by atoms with Gasteiger partial charge in [-0.25, -0.2) is 4.79 Å². The maximum atomic E-state index is 12.7. The van der Waals surface area contributed by atoms with Gasteiger partial charge in [0.25, 0.3) is 0 Å². The average Bonchev–Trinajstić information content (AvgIpc) is 2.83. The van der Waals surface area contributed by atoms with Crippen LogP contribution in [-0.2, 0) is 22.4 Å². The molecule has 0 aliphatic carbocycles. The van der Waals surface area contributed by atoms with Gasteiger partial charge in [0.2, 0.25) is 0 Å². The van der Waals surface area contributed by atoms with Crippen LogP contribution in [0.25, 0.3) is 6.08 Å². The highest BCUT2D eigenvalue weighted by atomic mass is 16.5. The smallest absolute Gasteiger partial charge is 0.353 e. The maximum absolute atomic E-state index is 12.7. The zero-order valence-electron chi connectivity index (χ0n) is 22.0. The fraction of sp³-hybridized carbons (Fsp3) is 0.484. The Balaban J connectivity index is 1.58. The summed E-state index contributed by atoms with van der Waals surface area (Å²) in [6.45, 7) is 10.5. The summed E-state index contributed by atoms with van der Waals surface area (Å²) < 4.78 is 5.49. The van der Waals surface area contributed by atoms with E-state index >= 15 is 0 Å². The number of carbonyl (C=O) groups excluding carboxylic acids is 1. The molecule has 0 spiro atoms. The van der Waals surface area contributed by atoms with Crippen molar-refractivity contribution in [1.82, 2.24) is 0 Å². The first-order valence-corrected chi connectivity index (χ1v) is 13.1. The Morgan fingerprint density at radius 1 is 1.00 bits per heavy atom. The molecule has 3 rings (SSSR count). The van der Waals surface area contributed by atoms with Crippen LogP contribution in [0.15, 0.2) is 52.8 Å². The highest BCUT2D eigenvalue weighted by Crippen LogP contribution is 2.36. The molecule has 2 heterocycles. The number of benzene rings is 1. The molecule has 4 heteroatoms. The molecule has 35 heavy (non-hydrogen) atoms. The van der Waals surface area contributed by atoms with E-state index < -0.39 is 5.97 Å². The Hall–Kier alpha value is -3.06. The topological polar surface area (TPSA) is 53.3 Å². The summed E-state index contributed by atoms with van der Waals surface area (Å²) in [4.78, 5) is 15.2. The maximum Gasteiger partial charge on any atom is 0.353 e. The number of esters is 1. The third-order valence-corrected chi connectivity index (χ3v) is 6.81. The van der Waals surface area contributed by atoms with Crippen LogP contribution in [0.2, 0.25) is 0 Å². The predicted octanol–water partition coefficient (Wildman–Crippen LogP) is 7.60. The van der Waals surface area contributed by atoms with Crippen LogP contribution in [-0.4, -0.2) is 19.1 Å². The van der Waals surface area contributed by atoms with Crippen LogP contribution in [0.1, 0.15) is 89.3 Å². The van der Waals surface area contributed by atoms with Gasteiger partial charge in [0, 0.05) is 18.8 Å². The molecule has 2 aliphatic rings. The summed E-state index contributed by atoms with van der Waals surface area (Å²) in [5, 5.41) is 9.63. The van der Waals surface area contributed by atoms with Crippen molar-refractivity contribution >= 4 is 17.7 Å². The van der Waals surface area contributed by atoms with Crippen LogP contribution >= 0.6 is 0 Å². The third-order valence-electron chi connectivity index (χ3n) is 6.81. The third kappa shape index (κ3) is 7.72. The predicted molar refractivity (Wildman–Crippen MR) is 145 cm³/mol. The molecule has 0 aromatic heterocycles. The summed E-state index contributed by atoms with van der Waals surface area (Å²) in [5.41, 5.74) is 7.80. The molecule has 1 aromatic carbocycles. The number of allylic oxidation sites excluding steroid dienone is 6. The van der Waals surface area contributed by atoms with E-state index in [0.717, 1.165) is 76.4 Å². The second-order valence-electron chi connectivity index (χ2n) is 9.84.